The first-order chi connectivity index (χ1) is 22.0. The van der Waals surface area contributed by atoms with Crippen LogP contribution in [0.4, 0.5) is 0 Å². The Hall–Kier alpha value is -3.74. The zero-order valence-electron chi connectivity index (χ0n) is 26.9. The standard InChI is InChI=1S/C37H39N6.2ClH.Mn/c1-35(2,28-16-10-7-11-17-28)31-22-25-41(38-31)34(42-26-23-32(39-42)36(3,4)29-18-12-8-13-19-29)43-27-24-33(40-43)37(5,6)30-20-14-9-15-21-30;;;/h7-27H,1-6H3;2*1H;/q-1;;;+2/p-2. The van der Waals surface area contributed by atoms with Crippen molar-refractivity contribution in [3.8, 4) is 0 Å². The first-order valence-corrected chi connectivity index (χ1v) is 18.3. The van der Waals surface area contributed by atoms with Crippen LogP contribution in [0.1, 0.15) is 75.3 Å². The van der Waals surface area contributed by atoms with Crippen molar-refractivity contribution in [1.29, 1.82) is 0 Å². The fourth-order valence-electron chi connectivity index (χ4n) is 5.63. The van der Waals surface area contributed by atoms with E-state index in [9.17, 15) is 0 Å². The molecular weight excluding hydrogens is 654 g/mol. The molecule has 6 aromatic rings. The van der Waals surface area contributed by atoms with Crippen LogP contribution in [-0.4, -0.2) is 29.3 Å². The van der Waals surface area contributed by atoms with Crippen molar-refractivity contribution in [3.63, 3.8) is 0 Å². The van der Waals surface area contributed by atoms with E-state index >= 15 is 0 Å². The molecule has 6 nitrogen and oxygen atoms in total. The van der Waals surface area contributed by atoms with Crippen LogP contribution in [0.3, 0.4) is 0 Å². The molecule has 0 aliphatic carbocycles. The van der Waals surface area contributed by atoms with Gasteiger partial charge in [-0.25, -0.2) is 0 Å². The van der Waals surface area contributed by atoms with Crippen LogP contribution in [0.2, 0.25) is 0 Å². The van der Waals surface area contributed by atoms with Gasteiger partial charge in [0, 0.05) is 16.2 Å². The van der Waals surface area contributed by atoms with Crippen molar-refractivity contribution in [2.45, 2.75) is 57.8 Å². The van der Waals surface area contributed by atoms with Crippen molar-refractivity contribution in [2.75, 3.05) is 0 Å². The minimum atomic E-state index is -0.285. The normalized spacial score (nSPS) is 12.0. The van der Waals surface area contributed by atoms with E-state index in [4.69, 9.17) is 35.5 Å². The van der Waals surface area contributed by atoms with E-state index in [1.54, 1.807) is 0 Å². The fraction of sp³-hybridized carbons (Fsp3) is 0.243. The number of hydrogen-bond donors (Lipinski definition) is 0. The van der Waals surface area contributed by atoms with Crippen molar-refractivity contribution in [1.82, 2.24) is 29.3 Å². The van der Waals surface area contributed by atoms with E-state index in [1.165, 1.54) is 16.7 Å². The van der Waals surface area contributed by atoms with Crippen molar-refractivity contribution >= 4 is 20.2 Å². The van der Waals surface area contributed by atoms with Gasteiger partial charge in [-0.05, 0) is 35.3 Å². The number of rotatable bonds is 9. The van der Waals surface area contributed by atoms with Crippen LogP contribution in [0, 0.1) is 6.29 Å². The number of halogens is 2. The Kier molecular flexibility index (Phi) is 10.2. The van der Waals surface area contributed by atoms with E-state index in [0.29, 0.717) is 6.29 Å². The molecule has 0 aliphatic heterocycles. The fourth-order valence-corrected chi connectivity index (χ4v) is 5.63. The summed E-state index contributed by atoms with van der Waals surface area (Å²) in [5, 5.41) is 15.4. The van der Waals surface area contributed by atoms with Gasteiger partial charge in [-0.15, -0.1) is 0 Å². The van der Waals surface area contributed by atoms with Crippen LogP contribution in [-0.2, 0) is 29.4 Å². The van der Waals surface area contributed by atoms with E-state index in [2.05, 4.69) is 133 Å². The predicted molar refractivity (Wildman–Crippen MR) is 184 cm³/mol. The second kappa shape index (κ2) is 13.9. The summed E-state index contributed by atoms with van der Waals surface area (Å²) in [6.45, 7) is 13.2. The van der Waals surface area contributed by atoms with Crippen molar-refractivity contribution < 1.29 is 13.1 Å². The van der Waals surface area contributed by atoms with E-state index in [1.807, 2.05) is 50.8 Å². The molecule has 0 saturated carbocycles. The average molecular weight is 694 g/mol. The van der Waals surface area contributed by atoms with Gasteiger partial charge in [0.05, 0.1) is 17.1 Å². The third-order valence-electron chi connectivity index (χ3n) is 8.79. The molecule has 0 spiro atoms. The van der Waals surface area contributed by atoms with E-state index in [-0.39, 0.29) is 29.4 Å². The summed E-state index contributed by atoms with van der Waals surface area (Å²) in [4.78, 5) is 0. The monoisotopic (exact) mass is 692 g/mol. The predicted octanol–water partition coefficient (Wildman–Crippen LogP) is 9.02. The van der Waals surface area contributed by atoms with Crippen LogP contribution < -0.4 is 0 Å². The Morgan fingerprint density at radius 2 is 0.696 bits per heavy atom. The molecule has 0 atom stereocenters. The van der Waals surface area contributed by atoms with Crippen LogP contribution in [0.25, 0.3) is 0 Å². The maximum atomic E-state index is 5.13. The Bertz CT molecular complexity index is 1610. The Labute approximate surface area is 287 Å². The molecule has 0 amide bonds. The van der Waals surface area contributed by atoms with Crippen LogP contribution in [0.5, 0.6) is 0 Å². The summed E-state index contributed by atoms with van der Waals surface area (Å²) in [7, 11) is 9.59. The van der Waals surface area contributed by atoms with Gasteiger partial charge in [-0.1, -0.05) is 151 Å². The van der Waals surface area contributed by atoms with Crippen LogP contribution in [0.15, 0.2) is 128 Å². The summed E-state index contributed by atoms with van der Waals surface area (Å²) in [6.07, 6.45) is 6.72. The Morgan fingerprint density at radius 1 is 0.457 bits per heavy atom. The second-order valence-electron chi connectivity index (χ2n) is 12.8. The molecule has 46 heavy (non-hydrogen) atoms. The van der Waals surface area contributed by atoms with Gasteiger partial charge >= 0.3 is 33.3 Å². The van der Waals surface area contributed by atoms with E-state index < -0.39 is 0 Å². The van der Waals surface area contributed by atoms with Gasteiger partial charge in [0.25, 0.3) is 0 Å². The Morgan fingerprint density at radius 3 is 0.935 bits per heavy atom. The van der Waals surface area contributed by atoms with Crippen molar-refractivity contribution in [2.24, 2.45) is 0 Å². The SMILES string of the molecule is CC(C)(c1ccccc1)c1ccn([C-](n2ccc(C(C)(C)c3ccccc3)n2)n2ccc(C(C)(C)c3ccccc3)n2)n1.[Cl][Mn][Cl]. The number of benzene rings is 3. The first-order valence-electron chi connectivity index (χ1n) is 15.1. The van der Waals surface area contributed by atoms with Gasteiger partial charge in [0.2, 0.25) is 0 Å². The number of nitrogens with zero attached hydrogens (tertiary/aromatic N) is 6. The molecule has 9 heteroatoms. The zero-order valence-corrected chi connectivity index (χ0v) is 29.6. The van der Waals surface area contributed by atoms with Gasteiger partial charge in [0.1, 0.15) is 0 Å². The molecule has 0 unspecified atom stereocenters. The quantitative estimate of drug-likeness (QED) is 0.112. The molecule has 0 fully saturated rings. The van der Waals surface area contributed by atoms with Crippen molar-refractivity contribution in [3.05, 3.63) is 168 Å². The molecule has 3 heterocycles. The maximum absolute atomic E-state index is 5.13. The molecule has 6 rings (SSSR count). The molecule has 0 aliphatic rings. The Balaban J connectivity index is 0.00000134. The first kappa shape index (κ1) is 33.6. The minimum absolute atomic E-state index is 0.00694. The molecule has 3 aromatic heterocycles. The molecule has 239 valence electrons. The summed E-state index contributed by atoms with van der Waals surface area (Å²) >= 11 is 0.00694. The average Bonchev–Trinajstić information content (AvgIpc) is 3.86. The van der Waals surface area contributed by atoms with Gasteiger partial charge < -0.3 is 0 Å². The summed E-state index contributed by atoms with van der Waals surface area (Å²) in [5.74, 6) is 0. The second-order valence-corrected chi connectivity index (χ2v) is 14.7. The summed E-state index contributed by atoms with van der Waals surface area (Å²) < 4.78 is 5.66. The van der Waals surface area contributed by atoms with E-state index in [0.717, 1.165) is 17.1 Å². The number of aromatic nitrogens is 6. The number of hydrogen-bond acceptors (Lipinski definition) is 3. The van der Waals surface area contributed by atoms with Crippen LogP contribution >= 0.6 is 20.2 Å². The molecule has 3 aromatic carbocycles. The van der Waals surface area contributed by atoms with Gasteiger partial charge in [-0.3, -0.25) is 14.0 Å². The summed E-state index contributed by atoms with van der Waals surface area (Å²) in [5.41, 5.74) is 5.66. The third-order valence-corrected chi connectivity index (χ3v) is 8.79. The van der Waals surface area contributed by atoms with Gasteiger partial charge in [0.15, 0.2) is 6.29 Å². The molecule has 0 bridgehead atoms. The zero-order chi connectivity index (χ0) is 33.0. The van der Waals surface area contributed by atoms with Gasteiger partial charge in [-0.2, -0.15) is 15.3 Å². The molecule has 0 radical (unpaired) electrons. The topological polar surface area (TPSA) is 53.5 Å². The summed E-state index contributed by atoms with van der Waals surface area (Å²) in [6, 6.07) is 37.8. The molecular formula is C37H39Cl2MnN6-. The third kappa shape index (κ3) is 6.84. The molecule has 0 saturated heterocycles. The molecule has 0 N–H and O–H groups in total.